The predicted octanol–water partition coefficient (Wildman–Crippen LogP) is 3.04. The van der Waals surface area contributed by atoms with Gasteiger partial charge >= 0.3 is 0 Å². The monoisotopic (exact) mass is 418 g/mol. The average Bonchev–Trinajstić information content (AvgIpc) is 3.53. The molecule has 2 aromatic heterocycles. The van der Waals surface area contributed by atoms with Gasteiger partial charge in [-0.3, -0.25) is 19.3 Å². The summed E-state index contributed by atoms with van der Waals surface area (Å²) in [5.41, 5.74) is 2.20. The maximum absolute atomic E-state index is 12.7. The lowest BCUT2D eigenvalue weighted by molar-refractivity contribution is -0.143. The SMILES string of the molecule is O=C(CN1C(=O)C2C3C=CC(C3)C2C1=O)Nc1ccc2nc(-c3cccs3)[nH]c2c1. The van der Waals surface area contributed by atoms with Crippen LogP contribution in [0.2, 0.25) is 0 Å². The molecular weight excluding hydrogens is 400 g/mol. The van der Waals surface area contributed by atoms with Crippen molar-refractivity contribution in [2.24, 2.45) is 23.7 Å². The number of thiophene rings is 1. The molecule has 3 heterocycles. The third kappa shape index (κ3) is 2.56. The van der Waals surface area contributed by atoms with Crippen LogP contribution in [-0.2, 0) is 14.4 Å². The van der Waals surface area contributed by atoms with E-state index in [2.05, 4.69) is 15.3 Å². The second kappa shape index (κ2) is 6.37. The van der Waals surface area contributed by atoms with E-state index in [0.717, 1.165) is 33.1 Å². The third-order valence-electron chi connectivity index (χ3n) is 6.38. The number of carbonyl (C=O) groups is 3. The van der Waals surface area contributed by atoms with Crippen LogP contribution in [-0.4, -0.2) is 39.1 Å². The number of carbonyl (C=O) groups excluding carboxylic acids is 3. The Bertz CT molecular complexity index is 1200. The van der Waals surface area contributed by atoms with Crippen LogP contribution in [0.1, 0.15) is 6.42 Å². The quantitative estimate of drug-likeness (QED) is 0.503. The van der Waals surface area contributed by atoms with Crippen molar-refractivity contribution in [3.05, 3.63) is 47.9 Å². The van der Waals surface area contributed by atoms with E-state index in [4.69, 9.17) is 0 Å². The van der Waals surface area contributed by atoms with Crippen molar-refractivity contribution >= 4 is 45.8 Å². The summed E-state index contributed by atoms with van der Waals surface area (Å²) < 4.78 is 0. The standard InChI is InChI=1S/C22H18N4O3S/c27-17(10-26-21(28)18-11-3-4-12(8-11)19(18)22(26)29)23-13-5-6-14-15(9-13)25-20(24-14)16-2-1-7-30-16/h1-7,9,11-12,18-19H,8,10H2,(H,23,27)(H,24,25). The molecule has 4 unspecified atom stereocenters. The largest absolute Gasteiger partial charge is 0.337 e. The summed E-state index contributed by atoms with van der Waals surface area (Å²) in [7, 11) is 0. The van der Waals surface area contributed by atoms with Crippen LogP contribution in [0, 0.1) is 23.7 Å². The molecule has 30 heavy (non-hydrogen) atoms. The van der Waals surface area contributed by atoms with Gasteiger partial charge in [-0.25, -0.2) is 4.98 Å². The van der Waals surface area contributed by atoms with Crippen LogP contribution in [0.4, 0.5) is 5.69 Å². The van der Waals surface area contributed by atoms with Gasteiger partial charge in [-0.1, -0.05) is 18.2 Å². The molecule has 7 nitrogen and oxygen atoms in total. The van der Waals surface area contributed by atoms with Gasteiger partial charge in [0.25, 0.3) is 0 Å². The van der Waals surface area contributed by atoms with Gasteiger partial charge in [0.2, 0.25) is 17.7 Å². The number of rotatable bonds is 4. The Morgan fingerprint density at radius 2 is 1.93 bits per heavy atom. The molecule has 1 saturated carbocycles. The minimum atomic E-state index is -0.380. The van der Waals surface area contributed by atoms with E-state index in [-0.39, 0.29) is 47.9 Å². The molecule has 0 spiro atoms. The van der Waals surface area contributed by atoms with Gasteiger partial charge in [0.15, 0.2) is 0 Å². The van der Waals surface area contributed by atoms with Gasteiger partial charge in [-0.2, -0.15) is 0 Å². The molecule has 1 saturated heterocycles. The van der Waals surface area contributed by atoms with Gasteiger partial charge in [0.1, 0.15) is 12.4 Å². The number of nitrogens with one attached hydrogen (secondary N) is 2. The highest BCUT2D eigenvalue weighted by Gasteiger charge is 2.59. The van der Waals surface area contributed by atoms with Crippen molar-refractivity contribution in [3.8, 4) is 10.7 Å². The molecule has 3 aromatic rings. The molecule has 2 aliphatic carbocycles. The lowest BCUT2D eigenvalue weighted by atomic mass is 9.85. The zero-order valence-electron chi connectivity index (χ0n) is 15.9. The predicted molar refractivity (Wildman–Crippen MR) is 112 cm³/mol. The van der Waals surface area contributed by atoms with Crippen molar-refractivity contribution in [1.82, 2.24) is 14.9 Å². The molecular formula is C22H18N4O3S. The number of imidazole rings is 1. The van der Waals surface area contributed by atoms with E-state index in [1.165, 1.54) is 0 Å². The first-order valence-corrected chi connectivity index (χ1v) is 10.8. The first-order chi connectivity index (χ1) is 14.6. The molecule has 0 radical (unpaired) electrons. The molecule has 150 valence electrons. The third-order valence-corrected chi connectivity index (χ3v) is 7.26. The first-order valence-electron chi connectivity index (χ1n) is 9.95. The number of H-pyrrole nitrogens is 1. The van der Waals surface area contributed by atoms with E-state index in [1.807, 2.05) is 41.8 Å². The molecule has 3 amide bonds. The minimum Gasteiger partial charge on any atom is -0.337 e. The number of allylic oxidation sites excluding steroid dienone is 2. The second-order valence-electron chi connectivity index (χ2n) is 8.11. The maximum atomic E-state index is 12.7. The number of anilines is 1. The van der Waals surface area contributed by atoms with Gasteiger partial charge in [0.05, 0.1) is 27.7 Å². The van der Waals surface area contributed by atoms with Crippen molar-refractivity contribution < 1.29 is 14.4 Å². The van der Waals surface area contributed by atoms with E-state index in [1.54, 1.807) is 17.4 Å². The summed E-state index contributed by atoms with van der Waals surface area (Å²) in [5.74, 6) is -0.284. The maximum Gasteiger partial charge on any atom is 0.244 e. The van der Waals surface area contributed by atoms with Crippen LogP contribution in [0.15, 0.2) is 47.9 Å². The van der Waals surface area contributed by atoms with E-state index >= 15 is 0 Å². The van der Waals surface area contributed by atoms with E-state index in [0.29, 0.717) is 5.69 Å². The van der Waals surface area contributed by atoms with Gasteiger partial charge < -0.3 is 10.3 Å². The second-order valence-corrected chi connectivity index (χ2v) is 9.05. The van der Waals surface area contributed by atoms with Crippen LogP contribution >= 0.6 is 11.3 Å². The van der Waals surface area contributed by atoms with Crippen LogP contribution < -0.4 is 5.32 Å². The molecule has 1 aromatic carbocycles. The Morgan fingerprint density at radius 1 is 1.17 bits per heavy atom. The number of benzene rings is 1. The van der Waals surface area contributed by atoms with Crippen LogP contribution in [0.25, 0.3) is 21.7 Å². The molecule has 8 heteroatoms. The fourth-order valence-electron chi connectivity index (χ4n) is 5.08. The molecule has 2 N–H and O–H groups in total. The van der Waals surface area contributed by atoms with E-state index < -0.39 is 0 Å². The number of fused-ring (bicyclic) bond motifs is 6. The summed E-state index contributed by atoms with van der Waals surface area (Å²) in [5, 5.41) is 4.79. The smallest absolute Gasteiger partial charge is 0.244 e. The Hall–Kier alpha value is -3.26. The van der Waals surface area contributed by atoms with Crippen LogP contribution in [0.5, 0.6) is 0 Å². The number of likely N-dealkylation sites (tertiary alicyclic amines) is 1. The van der Waals surface area contributed by atoms with Crippen LogP contribution in [0.3, 0.4) is 0 Å². The molecule has 1 aliphatic heterocycles. The van der Waals surface area contributed by atoms with Gasteiger partial charge in [-0.05, 0) is 47.9 Å². The normalized spacial score (nSPS) is 26.7. The Kier molecular flexibility index (Phi) is 3.73. The molecule has 4 atom stereocenters. The number of hydrogen-bond donors (Lipinski definition) is 2. The number of aromatic nitrogens is 2. The molecule has 3 aliphatic rings. The van der Waals surface area contributed by atoms with Crippen molar-refractivity contribution in [1.29, 1.82) is 0 Å². The lowest BCUT2D eigenvalue weighted by Crippen LogP contribution is -2.39. The number of aromatic amines is 1. The number of nitrogens with zero attached hydrogens (tertiary/aromatic N) is 2. The summed E-state index contributed by atoms with van der Waals surface area (Å²) in [6, 6.07) is 9.37. The lowest BCUT2D eigenvalue weighted by Gasteiger charge is -2.16. The number of amides is 3. The fraction of sp³-hybridized carbons (Fsp3) is 0.273. The van der Waals surface area contributed by atoms with Crippen molar-refractivity contribution in [2.75, 3.05) is 11.9 Å². The highest BCUT2D eigenvalue weighted by molar-refractivity contribution is 7.13. The highest BCUT2D eigenvalue weighted by atomic mass is 32.1. The first kappa shape index (κ1) is 17.6. The minimum absolute atomic E-state index is 0.143. The highest BCUT2D eigenvalue weighted by Crippen LogP contribution is 2.52. The molecule has 2 fully saturated rings. The van der Waals surface area contributed by atoms with E-state index in [9.17, 15) is 14.4 Å². The number of hydrogen-bond acceptors (Lipinski definition) is 5. The Morgan fingerprint density at radius 3 is 2.63 bits per heavy atom. The van der Waals surface area contributed by atoms with Gasteiger partial charge in [0, 0.05) is 5.69 Å². The topological polar surface area (TPSA) is 95.2 Å². The summed E-state index contributed by atoms with van der Waals surface area (Å²) >= 11 is 1.60. The molecule has 2 bridgehead atoms. The van der Waals surface area contributed by atoms with Crippen molar-refractivity contribution in [3.63, 3.8) is 0 Å². The fourth-order valence-corrected chi connectivity index (χ4v) is 5.75. The van der Waals surface area contributed by atoms with Gasteiger partial charge in [-0.15, -0.1) is 11.3 Å². The van der Waals surface area contributed by atoms with Crippen molar-refractivity contribution in [2.45, 2.75) is 6.42 Å². The average molecular weight is 418 g/mol. The summed E-state index contributed by atoms with van der Waals surface area (Å²) in [6.45, 7) is -0.244. The zero-order valence-corrected chi connectivity index (χ0v) is 16.7. The Balaban J connectivity index is 1.18. The summed E-state index contributed by atoms with van der Waals surface area (Å²) in [6.07, 6.45) is 4.97. The zero-order chi connectivity index (χ0) is 20.4. The Labute approximate surface area is 175 Å². The number of imide groups is 1. The molecule has 6 rings (SSSR count). The summed E-state index contributed by atoms with van der Waals surface area (Å²) in [4.78, 5) is 48.1.